The van der Waals surface area contributed by atoms with Gasteiger partial charge in [-0.3, -0.25) is 4.79 Å². The molecule has 0 bridgehead atoms. The summed E-state index contributed by atoms with van der Waals surface area (Å²) in [4.78, 5) is 20.8. The molecule has 2 heterocycles. The molecule has 2 N–H and O–H groups in total. The van der Waals surface area contributed by atoms with E-state index in [1.165, 1.54) is 0 Å². The van der Waals surface area contributed by atoms with Gasteiger partial charge in [-0.1, -0.05) is 12.1 Å². The van der Waals surface area contributed by atoms with Crippen LogP contribution in [0.4, 0.5) is 11.6 Å². The van der Waals surface area contributed by atoms with Crippen LogP contribution in [0.2, 0.25) is 0 Å². The summed E-state index contributed by atoms with van der Waals surface area (Å²) in [5, 5.41) is 7.12. The average Bonchev–Trinajstić information content (AvgIpc) is 3.18. The molecule has 0 saturated carbocycles. The molecule has 0 saturated heterocycles. The van der Waals surface area contributed by atoms with Crippen molar-refractivity contribution in [2.75, 3.05) is 19.0 Å². The van der Waals surface area contributed by atoms with Gasteiger partial charge in [0.05, 0.1) is 12.6 Å². The highest BCUT2D eigenvalue weighted by atomic mass is 16.5. The van der Waals surface area contributed by atoms with Crippen LogP contribution < -0.4 is 15.4 Å². The smallest absolute Gasteiger partial charge is 0.251 e. The summed E-state index contributed by atoms with van der Waals surface area (Å²) in [7, 11) is 1.67. The number of nitrogens with zero attached hydrogens (tertiary/aromatic N) is 3. The zero-order chi connectivity index (χ0) is 20.1. The van der Waals surface area contributed by atoms with Gasteiger partial charge in [-0.15, -0.1) is 0 Å². The zero-order valence-electron chi connectivity index (χ0n) is 16.0. The van der Waals surface area contributed by atoms with Crippen LogP contribution in [-0.2, 0) is 6.54 Å². The Morgan fingerprint density at radius 3 is 2.72 bits per heavy atom. The van der Waals surface area contributed by atoms with Crippen molar-refractivity contribution in [3.05, 3.63) is 78.8 Å². The maximum Gasteiger partial charge on any atom is 0.251 e. The molecular formula is C22H21N5O2. The Morgan fingerprint density at radius 2 is 1.90 bits per heavy atom. The number of hydrogen-bond donors (Lipinski definition) is 2. The molecule has 0 aliphatic carbocycles. The summed E-state index contributed by atoms with van der Waals surface area (Å²) in [5.41, 5.74) is 2.41. The molecular weight excluding hydrogens is 366 g/mol. The average molecular weight is 387 g/mol. The number of carbonyl (C=O) groups excluding carboxylic acids is 1. The number of ether oxygens (including phenoxy) is 1. The molecule has 4 rings (SSSR count). The number of hydrogen-bond acceptors (Lipinski definition) is 5. The van der Waals surface area contributed by atoms with E-state index in [-0.39, 0.29) is 5.91 Å². The Morgan fingerprint density at radius 1 is 1.07 bits per heavy atom. The van der Waals surface area contributed by atoms with E-state index in [1.54, 1.807) is 37.7 Å². The molecule has 0 unspecified atom stereocenters. The van der Waals surface area contributed by atoms with E-state index < -0.39 is 0 Å². The van der Waals surface area contributed by atoms with Crippen molar-refractivity contribution in [1.82, 2.24) is 19.9 Å². The van der Waals surface area contributed by atoms with E-state index >= 15 is 0 Å². The van der Waals surface area contributed by atoms with Crippen molar-refractivity contribution in [2.45, 2.75) is 6.54 Å². The van der Waals surface area contributed by atoms with Crippen molar-refractivity contribution in [1.29, 1.82) is 0 Å². The molecule has 0 fully saturated rings. The van der Waals surface area contributed by atoms with Gasteiger partial charge in [-0.05, 0) is 42.5 Å². The number of methoxy groups -OCH3 is 1. The second-order valence-electron chi connectivity index (χ2n) is 6.44. The largest absolute Gasteiger partial charge is 0.496 e. The van der Waals surface area contributed by atoms with E-state index in [0.717, 1.165) is 22.3 Å². The van der Waals surface area contributed by atoms with Crippen LogP contribution in [0.25, 0.3) is 10.9 Å². The van der Waals surface area contributed by atoms with Crippen molar-refractivity contribution in [3.8, 4) is 5.75 Å². The monoisotopic (exact) mass is 387 g/mol. The lowest BCUT2D eigenvalue weighted by atomic mass is 10.2. The Kier molecular flexibility index (Phi) is 5.38. The molecule has 2 aromatic carbocycles. The fraction of sp³-hybridized carbons (Fsp3) is 0.136. The van der Waals surface area contributed by atoms with Crippen molar-refractivity contribution < 1.29 is 9.53 Å². The molecule has 29 heavy (non-hydrogen) atoms. The van der Waals surface area contributed by atoms with Crippen LogP contribution >= 0.6 is 0 Å². The van der Waals surface area contributed by atoms with Gasteiger partial charge < -0.3 is 19.9 Å². The molecule has 1 amide bonds. The lowest BCUT2D eigenvalue weighted by Crippen LogP contribution is -2.27. The van der Waals surface area contributed by atoms with Gasteiger partial charge in [-0.25, -0.2) is 9.97 Å². The number of nitrogens with one attached hydrogen (secondary N) is 2. The number of fused-ring (bicyclic) bond motifs is 1. The first-order valence-electron chi connectivity index (χ1n) is 9.29. The minimum atomic E-state index is -0.128. The number of rotatable bonds is 7. The Labute approximate surface area is 168 Å². The first kappa shape index (κ1) is 18.5. The van der Waals surface area contributed by atoms with Gasteiger partial charge >= 0.3 is 0 Å². The van der Waals surface area contributed by atoms with Crippen LogP contribution in [-0.4, -0.2) is 34.1 Å². The summed E-state index contributed by atoms with van der Waals surface area (Å²) >= 11 is 0. The van der Waals surface area contributed by atoms with Gasteiger partial charge in [0.1, 0.15) is 5.75 Å². The lowest BCUT2D eigenvalue weighted by Gasteiger charge is -2.10. The van der Waals surface area contributed by atoms with Crippen molar-refractivity contribution in [2.24, 2.45) is 0 Å². The third-order valence-corrected chi connectivity index (χ3v) is 4.58. The van der Waals surface area contributed by atoms with Gasteiger partial charge in [0.25, 0.3) is 5.91 Å². The first-order chi connectivity index (χ1) is 14.2. The van der Waals surface area contributed by atoms with Gasteiger partial charge in [0.15, 0.2) is 0 Å². The van der Waals surface area contributed by atoms with E-state index in [4.69, 9.17) is 4.74 Å². The van der Waals surface area contributed by atoms with Crippen LogP contribution in [0.5, 0.6) is 5.75 Å². The zero-order valence-corrected chi connectivity index (χ0v) is 16.0. The number of aromatic nitrogens is 3. The minimum absolute atomic E-state index is 0.128. The summed E-state index contributed by atoms with van der Waals surface area (Å²) in [6.07, 6.45) is 5.32. The maximum absolute atomic E-state index is 12.5. The fourth-order valence-corrected chi connectivity index (χ4v) is 3.19. The topological polar surface area (TPSA) is 81.1 Å². The number of benzene rings is 2. The molecule has 0 spiro atoms. The van der Waals surface area contributed by atoms with Gasteiger partial charge in [0, 0.05) is 48.3 Å². The predicted octanol–water partition coefficient (Wildman–Crippen LogP) is 3.61. The Balaban J connectivity index is 1.38. The van der Waals surface area contributed by atoms with Crippen LogP contribution in [0.3, 0.4) is 0 Å². The summed E-state index contributed by atoms with van der Waals surface area (Å²) in [6, 6.07) is 17.0. The number of anilines is 2. The molecule has 0 aliphatic rings. The molecule has 2 aromatic heterocycles. The molecule has 0 radical (unpaired) electrons. The molecule has 7 heteroatoms. The quantitative estimate of drug-likeness (QED) is 0.506. The van der Waals surface area contributed by atoms with E-state index in [1.807, 2.05) is 42.6 Å². The third kappa shape index (κ3) is 4.19. The van der Waals surface area contributed by atoms with E-state index in [0.29, 0.717) is 24.6 Å². The van der Waals surface area contributed by atoms with Crippen LogP contribution in [0.15, 0.2) is 73.2 Å². The minimum Gasteiger partial charge on any atom is -0.496 e. The Hall–Kier alpha value is -3.87. The number of carbonyl (C=O) groups is 1. The predicted molar refractivity (Wildman–Crippen MR) is 113 cm³/mol. The SMILES string of the molecule is COc1cccc2c1ccn2CCNC(=O)c1cccc(Nc2ncccn2)c1. The van der Waals surface area contributed by atoms with Crippen molar-refractivity contribution >= 4 is 28.4 Å². The maximum atomic E-state index is 12.5. The third-order valence-electron chi connectivity index (χ3n) is 4.58. The Bertz CT molecular complexity index is 1120. The van der Waals surface area contributed by atoms with Gasteiger partial charge in [-0.2, -0.15) is 0 Å². The standard InChI is InChI=1S/C22H21N5O2/c1-29-20-8-3-7-19-18(20)9-13-27(19)14-12-23-21(28)16-5-2-6-17(15-16)26-22-24-10-4-11-25-22/h2-11,13,15H,12,14H2,1H3,(H,23,28)(H,24,25,26). The van der Waals surface area contributed by atoms with Gasteiger partial charge in [0.2, 0.25) is 5.95 Å². The molecule has 4 aromatic rings. The summed E-state index contributed by atoms with van der Waals surface area (Å²) < 4.78 is 7.50. The summed E-state index contributed by atoms with van der Waals surface area (Å²) in [5.74, 6) is 1.20. The highest BCUT2D eigenvalue weighted by molar-refractivity contribution is 5.95. The van der Waals surface area contributed by atoms with Crippen molar-refractivity contribution in [3.63, 3.8) is 0 Å². The normalized spacial score (nSPS) is 10.7. The first-order valence-corrected chi connectivity index (χ1v) is 9.29. The molecule has 146 valence electrons. The van der Waals surface area contributed by atoms with Crippen LogP contribution in [0, 0.1) is 0 Å². The summed E-state index contributed by atoms with van der Waals surface area (Å²) in [6.45, 7) is 1.18. The molecule has 7 nitrogen and oxygen atoms in total. The van der Waals surface area contributed by atoms with E-state index in [2.05, 4.69) is 25.2 Å². The van der Waals surface area contributed by atoms with Crippen LogP contribution in [0.1, 0.15) is 10.4 Å². The second kappa shape index (κ2) is 8.43. The molecule has 0 aliphatic heterocycles. The fourth-order valence-electron chi connectivity index (χ4n) is 3.19. The number of amides is 1. The highest BCUT2D eigenvalue weighted by Crippen LogP contribution is 2.26. The highest BCUT2D eigenvalue weighted by Gasteiger charge is 2.08. The van der Waals surface area contributed by atoms with E-state index in [9.17, 15) is 4.79 Å². The second-order valence-corrected chi connectivity index (χ2v) is 6.44. The lowest BCUT2D eigenvalue weighted by molar-refractivity contribution is 0.0952. The molecule has 0 atom stereocenters.